The third-order valence-corrected chi connectivity index (χ3v) is 4.10. The van der Waals surface area contributed by atoms with E-state index in [2.05, 4.69) is 18.7 Å². The van der Waals surface area contributed by atoms with Crippen LogP contribution in [0.15, 0.2) is 59.3 Å². The van der Waals surface area contributed by atoms with E-state index in [1.165, 1.54) is 0 Å². The molecule has 0 spiro atoms. The van der Waals surface area contributed by atoms with Gasteiger partial charge in [-0.15, -0.1) is 0 Å². The molecule has 1 aliphatic heterocycles. The molecule has 24 heavy (non-hydrogen) atoms. The molecule has 0 saturated heterocycles. The minimum absolute atomic E-state index is 0.123. The maximum atomic E-state index is 9.59. The number of thiol groups is 1. The first-order chi connectivity index (χ1) is 11.7. The van der Waals surface area contributed by atoms with Gasteiger partial charge in [0.25, 0.3) is 0 Å². The van der Waals surface area contributed by atoms with Crippen molar-refractivity contribution < 1.29 is 9.47 Å². The van der Waals surface area contributed by atoms with Crippen LogP contribution in [0.3, 0.4) is 0 Å². The summed E-state index contributed by atoms with van der Waals surface area (Å²) in [6, 6.07) is 15.6. The van der Waals surface area contributed by atoms with E-state index in [-0.39, 0.29) is 11.8 Å². The summed E-state index contributed by atoms with van der Waals surface area (Å²) in [6.45, 7) is 0. The zero-order valence-electron chi connectivity index (χ0n) is 13.1. The molecular weight excluding hydrogens is 320 g/mol. The van der Waals surface area contributed by atoms with Gasteiger partial charge in [-0.3, -0.25) is 0 Å². The van der Waals surface area contributed by atoms with Gasteiger partial charge in [0.05, 0.1) is 13.0 Å². The number of allylic oxidation sites excluding steroid dienone is 1. The SMILES string of the molecule is COc1cccc(C2C(C#N)=C(N)Oc3c(/C=C\S)cccc32)c1. The van der Waals surface area contributed by atoms with Crippen molar-refractivity contribution in [1.29, 1.82) is 5.26 Å². The monoisotopic (exact) mass is 336 g/mol. The lowest BCUT2D eigenvalue weighted by Crippen LogP contribution is -2.21. The predicted molar refractivity (Wildman–Crippen MR) is 96.8 cm³/mol. The fourth-order valence-corrected chi connectivity index (χ4v) is 3.04. The van der Waals surface area contributed by atoms with Gasteiger partial charge >= 0.3 is 0 Å². The molecule has 4 nitrogen and oxygen atoms in total. The molecule has 1 unspecified atom stereocenters. The highest BCUT2D eigenvalue weighted by Gasteiger charge is 2.31. The van der Waals surface area contributed by atoms with E-state index in [1.807, 2.05) is 48.5 Å². The number of nitrogens with zero attached hydrogens (tertiary/aromatic N) is 1. The van der Waals surface area contributed by atoms with Crippen molar-refractivity contribution in [3.8, 4) is 17.6 Å². The van der Waals surface area contributed by atoms with Gasteiger partial charge in [-0.05, 0) is 29.2 Å². The van der Waals surface area contributed by atoms with E-state index < -0.39 is 0 Å². The molecule has 2 aromatic rings. The van der Waals surface area contributed by atoms with E-state index in [9.17, 15) is 5.26 Å². The van der Waals surface area contributed by atoms with Crippen molar-refractivity contribution in [2.24, 2.45) is 5.73 Å². The number of nitriles is 1. The summed E-state index contributed by atoms with van der Waals surface area (Å²) in [4.78, 5) is 0. The van der Waals surface area contributed by atoms with E-state index in [4.69, 9.17) is 15.2 Å². The van der Waals surface area contributed by atoms with Crippen molar-refractivity contribution in [2.75, 3.05) is 7.11 Å². The Morgan fingerprint density at radius 3 is 2.79 bits per heavy atom. The molecule has 2 aromatic carbocycles. The highest BCUT2D eigenvalue weighted by Crippen LogP contribution is 2.44. The first-order valence-corrected chi connectivity index (χ1v) is 7.86. The fraction of sp³-hybridized carbons (Fsp3) is 0.105. The Bertz CT molecular complexity index is 881. The number of rotatable bonds is 3. The second kappa shape index (κ2) is 6.73. The number of benzene rings is 2. The molecule has 120 valence electrons. The first-order valence-electron chi connectivity index (χ1n) is 7.34. The molecule has 0 fully saturated rings. The lowest BCUT2D eigenvalue weighted by atomic mass is 9.82. The van der Waals surface area contributed by atoms with Gasteiger partial charge in [-0.1, -0.05) is 30.3 Å². The Morgan fingerprint density at radius 1 is 1.29 bits per heavy atom. The minimum Gasteiger partial charge on any atom is -0.497 e. The molecular formula is C19H16N2O2S. The molecule has 0 aliphatic carbocycles. The van der Waals surface area contributed by atoms with E-state index in [0.29, 0.717) is 11.3 Å². The molecule has 3 rings (SSSR count). The first kappa shape index (κ1) is 16.0. The number of hydrogen-bond acceptors (Lipinski definition) is 5. The van der Waals surface area contributed by atoms with Gasteiger partial charge in [0.2, 0.25) is 5.88 Å². The Kier molecular flexibility index (Phi) is 4.50. The number of nitrogens with two attached hydrogens (primary N) is 1. The lowest BCUT2D eigenvalue weighted by molar-refractivity contribution is 0.392. The predicted octanol–water partition coefficient (Wildman–Crippen LogP) is 3.81. The number of hydrogen-bond donors (Lipinski definition) is 2. The van der Waals surface area contributed by atoms with Crippen molar-refractivity contribution in [3.63, 3.8) is 0 Å². The smallest absolute Gasteiger partial charge is 0.205 e. The topological polar surface area (TPSA) is 68.3 Å². The Labute approximate surface area is 146 Å². The fourth-order valence-electron chi connectivity index (χ4n) is 2.88. The molecule has 1 heterocycles. The number of para-hydroxylation sites is 1. The van der Waals surface area contributed by atoms with E-state index in [0.717, 1.165) is 22.4 Å². The highest BCUT2D eigenvalue weighted by molar-refractivity contribution is 7.83. The molecule has 0 radical (unpaired) electrons. The van der Waals surface area contributed by atoms with Crippen molar-refractivity contribution in [1.82, 2.24) is 0 Å². The van der Waals surface area contributed by atoms with Gasteiger partial charge < -0.3 is 15.2 Å². The van der Waals surface area contributed by atoms with Crippen LogP contribution in [-0.2, 0) is 0 Å². The highest BCUT2D eigenvalue weighted by atomic mass is 32.1. The molecule has 0 amide bonds. The van der Waals surface area contributed by atoms with E-state index in [1.54, 1.807) is 12.5 Å². The second-order valence-corrected chi connectivity index (χ2v) is 5.58. The van der Waals surface area contributed by atoms with Crippen LogP contribution >= 0.6 is 12.6 Å². The summed E-state index contributed by atoms with van der Waals surface area (Å²) in [7, 11) is 1.61. The zero-order chi connectivity index (χ0) is 17.1. The van der Waals surface area contributed by atoms with Crippen LogP contribution in [-0.4, -0.2) is 7.11 Å². The van der Waals surface area contributed by atoms with Crippen LogP contribution in [0.1, 0.15) is 22.6 Å². The van der Waals surface area contributed by atoms with E-state index >= 15 is 0 Å². The zero-order valence-corrected chi connectivity index (χ0v) is 14.0. The van der Waals surface area contributed by atoms with Gasteiger partial charge in [0, 0.05) is 11.1 Å². The molecule has 0 saturated carbocycles. The average Bonchev–Trinajstić information content (AvgIpc) is 2.61. The Hall–Kier alpha value is -2.84. The molecule has 5 heteroatoms. The number of methoxy groups -OCH3 is 1. The maximum absolute atomic E-state index is 9.59. The number of fused-ring (bicyclic) bond motifs is 1. The molecule has 0 bridgehead atoms. The van der Waals surface area contributed by atoms with Crippen LogP contribution in [0.2, 0.25) is 0 Å². The van der Waals surface area contributed by atoms with Gasteiger partial charge in [-0.2, -0.15) is 17.9 Å². The van der Waals surface area contributed by atoms with Gasteiger partial charge in [-0.25, -0.2) is 0 Å². The summed E-state index contributed by atoms with van der Waals surface area (Å²) in [5, 5.41) is 11.2. The summed E-state index contributed by atoms with van der Waals surface area (Å²) < 4.78 is 11.1. The second-order valence-electron chi connectivity index (χ2n) is 5.28. The molecule has 2 N–H and O–H groups in total. The minimum atomic E-state index is -0.304. The van der Waals surface area contributed by atoms with Crippen molar-refractivity contribution >= 4 is 18.7 Å². The normalized spacial score (nSPS) is 16.5. The summed E-state index contributed by atoms with van der Waals surface area (Å²) in [6.07, 6.45) is 1.83. The summed E-state index contributed by atoms with van der Waals surface area (Å²) >= 11 is 4.13. The largest absolute Gasteiger partial charge is 0.497 e. The average molecular weight is 336 g/mol. The van der Waals surface area contributed by atoms with Crippen molar-refractivity contribution in [3.05, 3.63) is 76.0 Å². The summed E-state index contributed by atoms with van der Waals surface area (Å²) in [5.74, 6) is 1.19. The van der Waals surface area contributed by atoms with Gasteiger partial charge in [0.1, 0.15) is 23.1 Å². The molecule has 1 atom stereocenters. The van der Waals surface area contributed by atoms with Crippen LogP contribution in [0.5, 0.6) is 11.5 Å². The van der Waals surface area contributed by atoms with Crippen molar-refractivity contribution in [2.45, 2.75) is 5.92 Å². The van der Waals surface area contributed by atoms with Crippen LogP contribution < -0.4 is 15.2 Å². The Morgan fingerprint density at radius 2 is 2.08 bits per heavy atom. The third-order valence-electron chi connectivity index (χ3n) is 3.95. The quantitative estimate of drug-likeness (QED) is 0.836. The molecule has 1 aliphatic rings. The van der Waals surface area contributed by atoms with Crippen LogP contribution in [0.25, 0.3) is 6.08 Å². The van der Waals surface area contributed by atoms with Gasteiger partial charge in [0.15, 0.2) is 0 Å². The number of ether oxygens (including phenoxy) is 2. The van der Waals surface area contributed by atoms with Crippen LogP contribution in [0, 0.1) is 11.3 Å². The standard InChI is InChI=1S/C19H16N2O2S/c1-22-14-6-2-5-13(10-14)17-15-7-3-4-12(8-9-24)18(15)23-19(21)16(17)11-20/h2-10,17,24H,21H2,1H3/b9-8-. The Balaban J connectivity index is 2.24. The molecule has 0 aromatic heterocycles. The summed E-state index contributed by atoms with van der Waals surface area (Å²) in [5.41, 5.74) is 9.09. The van der Waals surface area contributed by atoms with Crippen LogP contribution in [0.4, 0.5) is 0 Å². The lowest BCUT2D eigenvalue weighted by Gasteiger charge is -2.27. The maximum Gasteiger partial charge on any atom is 0.205 e. The third kappa shape index (κ3) is 2.72.